The van der Waals surface area contributed by atoms with E-state index >= 15 is 0 Å². The van der Waals surface area contributed by atoms with Crippen molar-refractivity contribution in [3.05, 3.63) is 59.8 Å². The van der Waals surface area contributed by atoms with Gasteiger partial charge < -0.3 is 14.8 Å². The molecule has 0 aromatic heterocycles. The highest BCUT2D eigenvalue weighted by Crippen LogP contribution is 2.14. The molecule has 1 heterocycles. The molecule has 118 valence electrons. The molecule has 0 spiro atoms. The van der Waals surface area contributed by atoms with Gasteiger partial charge in [-0.3, -0.25) is 0 Å². The van der Waals surface area contributed by atoms with Gasteiger partial charge in [-0.05, 0) is 30.8 Å². The lowest BCUT2D eigenvalue weighted by Gasteiger charge is -2.21. The van der Waals surface area contributed by atoms with Gasteiger partial charge in [-0.1, -0.05) is 30.3 Å². The maximum atomic E-state index is 12.2. The summed E-state index contributed by atoms with van der Waals surface area (Å²) < 4.78 is 10.2. The minimum Gasteiger partial charge on any atom is -0.457 e. The SMILES string of the molecule is CC(C#N)OC(=O)C1NC=CC=C1C(=O)OCc1ccccc1. The first kappa shape index (κ1) is 16.3. The van der Waals surface area contributed by atoms with E-state index in [0.29, 0.717) is 0 Å². The fourth-order valence-corrected chi connectivity index (χ4v) is 1.95. The summed E-state index contributed by atoms with van der Waals surface area (Å²) >= 11 is 0. The van der Waals surface area contributed by atoms with E-state index in [9.17, 15) is 9.59 Å². The molecule has 0 bridgehead atoms. The lowest BCUT2D eigenvalue weighted by molar-refractivity contribution is -0.150. The van der Waals surface area contributed by atoms with E-state index in [2.05, 4.69) is 5.32 Å². The van der Waals surface area contributed by atoms with Crippen molar-refractivity contribution >= 4 is 11.9 Å². The summed E-state index contributed by atoms with van der Waals surface area (Å²) in [5.41, 5.74) is 0.983. The van der Waals surface area contributed by atoms with Gasteiger partial charge in [0.25, 0.3) is 0 Å². The zero-order valence-corrected chi connectivity index (χ0v) is 12.6. The third-order valence-corrected chi connectivity index (χ3v) is 3.10. The topological polar surface area (TPSA) is 88.4 Å². The summed E-state index contributed by atoms with van der Waals surface area (Å²) in [5.74, 6) is -1.32. The Morgan fingerprint density at radius 3 is 2.78 bits per heavy atom. The molecular formula is C17H16N2O4. The van der Waals surface area contributed by atoms with E-state index in [1.807, 2.05) is 30.3 Å². The maximum absolute atomic E-state index is 12.2. The quantitative estimate of drug-likeness (QED) is 0.831. The Morgan fingerprint density at radius 1 is 1.35 bits per heavy atom. The van der Waals surface area contributed by atoms with Crippen molar-refractivity contribution in [3.8, 4) is 6.07 Å². The number of dihydropyridines is 1. The van der Waals surface area contributed by atoms with Gasteiger partial charge in [0.1, 0.15) is 12.7 Å². The molecule has 0 saturated carbocycles. The normalized spacial score (nSPS) is 17.2. The molecule has 0 fully saturated rings. The number of hydrogen-bond acceptors (Lipinski definition) is 6. The van der Waals surface area contributed by atoms with Crippen molar-refractivity contribution < 1.29 is 19.1 Å². The second-order valence-corrected chi connectivity index (χ2v) is 4.85. The Kier molecular flexibility index (Phi) is 5.53. The van der Waals surface area contributed by atoms with Gasteiger partial charge in [-0.2, -0.15) is 5.26 Å². The minimum atomic E-state index is -0.987. The fourth-order valence-electron chi connectivity index (χ4n) is 1.95. The smallest absolute Gasteiger partial charge is 0.337 e. The van der Waals surface area contributed by atoms with Crippen LogP contribution in [0.25, 0.3) is 0 Å². The van der Waals surface area contributed by atoms with Crippen LogP contribution in [-0.4, -0.2) is 24.1 Å². The van der Waals surface area contributed by atoms with Crippen LogP contribution in [0.3, 0.4) is 0 Å². The molecule has 6 nitrogen and oxygen atoms in total. The van der Waals surface area contributed by atoms with E-state index < -0.39 is 24.1 Å². The van der Waals surface area contributed by atoms with Crippen molar-refractivity contribution in [1.29, 1.82) is 5.26 Å². The number of allylic oxidation sites excluding steroid dienone is 2. The largest absolute Gasteiger partial charge is 0.457 e. The summed E-state index contributed by atoms with van der Waals surface area (Å²) in [6, 6.07) is 10.0. The number of carbonyl (C=O) groups excluding carboxylic acids is 2. The number of hydrogen-bond donors (Lipinski definition) is 1. The van der Waals surface area contributed by atoms with Crippen LogP contribution in [0.2, 0.25) is 0 Å². The highest BCUT2D eigenvalue weighted by Gasteiger charge is 2.31. The Labute approximate surface area is 134 Å². The summed E-state index contributed by atoms with van der Waals surface area (Å²) in [6.45, 7) is 1.56. The van der Waals surface area contributed by atoms with Gasteiger partial charge in [-0.15, -0.1) is 0 Å². The zero-order chi connectivity index (χ0) is 16.7. The fraction of sp³-hybridized carbons (Fsp3) is 0.235. The summed E-state index contributed by atoms with van der Waals surface area (Å²) in [6.07, 6.45) is 3.72. The Balaban J connectivity index is 2.01. The molecule has 0 aliphatic carbocycles. The van der Waals surface area contributed by atoms with E-state index in [0.717, 1.165) is 5.56 Å². The number of rotatable bonds is 5. The van der Waals surface area contributed by atoms with Crippen LogP contribution in [0, 0.1) is 11.3 Å². The van der Waals surface area contributed by atoms with Gasteiger partial charge >= 0.3 is 11.9 Å². The van der Waals surface area contributed by atoms with Crippen molar-refractivity contribution in [2.75, 3.05) is 0 Å². The first-order valence-electron chi connectivity index (χ1n) is 7.05. The van der Waals surface area contributed by atoms with E-state index in [1.54, 1.807) is 12.1 Å². The van der Waals surface area contributed by atoms with Crippen LogP contribution in [0.1, 0.15) is 12.5 Å². The molecule has 2 atom stereocenters. The van der Waals surface area contributed by atoms with Crippen molar-refractivity contribution in [3.63, 3.8) is 0 Å². The number of ether oxygens (including phenoxy) is 2. The monoisotopic (exact) mass is 312 g/mol. The third kappa shape index (κ3) is 4.45. The van der Waals surface area contributed by atoms with Crippen LogP contribution in [-0.2, 0) is 25.7 Å². The maximum Gasteiger partial charge on any atom is 0.337 e. The van der Waals surface area contributed by atoms with Gasteiger partial charge in [0.15, 0.2) is 12.1 Å². The number of carbonyl (C=O) groups is 2. The van der Waals surface area contributed by atoms with Crippen LogP contribution >= 0.6 is 0 Å². The van der Waals surface area contributed by atoms with E-state index in [4.69, 9.17) is 14.7 Å². The number of benzene rings is 1. The lowest BCUT2D eigenvalue weighted by Crippen LogP contribution is -2.41. The molecule has 0 amide bonds. The van der Waals surface area contributed by atoms with Crippen LogP contribution in [0.4, 0.5) is 0 Å². The number of nitriles is 1. The Hall–Kier alpha value is -3.07. The zero-order valence-electron chi connectivity index (χ0n) is 12.6. The first-order chi connectivity index (χ1) is 11.1. The Morgan fingerprint density at radius 2 is 2.09 bits per heavy atom. The average molecular weight is 312 g/mol. The highest BCUT2D eigenvalue weighted by molar-refractivity contribution is 5.98. The van der Waals surface area contributed by atoms with E-state index in [1.165, 1.54) is 19.2 Å². The molecule has 1 N–H and O–H groups in total. The van der Waals surface area contributed by atoms with Crippen LogP contribution in [0.15, 0.2) is 54.3 Å². The molecule has 0 saturated heterocycles. The average Bonchev–Trinajstić information content (AvgIpc) is 2.60. The third-order valence-electron chi connectivity index (χ3n) is 3.10. The molecule has 0 radical (unpaired) electrons. The van der Waals surface area contributed by atoms with Crippen molar-refractivity contribution in [2.45, 2.75) is 25.7 Å². The van der Waals surface area contributed by atoms with Crippen LogP contribution in [0.5, 0.6) is 0 Å². The molecular weight excluding hydrogens is 296 g/mol. The molecule has 6 heteroatoms. The second-order valence-electron chi connectivity index (χ2n) is 4.85. The molecule has 1 aliphatic heterocycles. The van der Waals surface area contributed by atoms with Gasteiger partial charge in [-0.25, -0.2) is 9.59 Å². The van der Waals surface area contributed by atoms with Gasteiger partial charge in [0, 0.05) is 0 Å². The molecule has 2 rings (SSSR count). The predicted molar refractivity (Wildman–Crippen MR) is 81.6 cm³/mol. The first-order valence-corrected chi connectivity index (χ1v) is 7.05. The standard InChI is InChI=1S/C17H16N2O4/c1-12(10-18)23-17(21)15-14(8-5-9-19-15)16(20)22-11-13-6-3-2-4-7-13/h2-9,12,15,19H,11H2,1H3. The predicted octanol–water partition coefficient (Wildman–Crippen LogP) is 1.60. The highest BCUT2D eigenvalue weighted by atomic mass is 16.5. The summed E-state index contributed by atoms with van der Waals surface area (Å²) in [4.78, 5) is 24.2. The summed E-state index contributed by atoms with van der Waals surface area (Å²) in [7, 11) is 0. The number of esters is 2. The molecule has 23 heavy (non-hydrogen) atoms. The molecule has 1 aromatic carbocycles. The van der Waals surface area contributed by atoms with E-state index in [-0.39, 0.29) is 12.2 Å². The summed E-state index contributed by atoms with van der Waals surface area (Å²) in [5, 5.41) is 11.4. The van der Waals surface area contributed by atoms with Crippen LogP contribution < -0.4 is 5.32 Å². The molecule has 2 unspecified atom stereocenters. The van der Waals surface area contributed by atoms with Crippen molar-refractivity contribution in [2.24, 2.45) is 0 Å². The van der Waals surface area contributed by atoms with Crippen molar-refractivity contribution in [1.82, 2.24) is 5.32 Å². The van der Waals surface area contributed by atoms with Gasteiger partial charge in [0.2, 0.25) is 0 Å². The minimum absolute atomic E-state index is 0.108. The lowest BCUT2D eigenvalue weighted by atomic mass is 10.0. The second kappa shape index (κ2) is 7.80. The number of nitrogens with one attached hydrogen (secondary N) is 1. The molecule has 1 aliphatic rings. The van der Waals surface area contributed by atoms with Gasteiger partial charge in [0.05, 0.1) is 5.57 Å². The number of nitrogens with zero attached hydrogens (tertiary/aromatic N) is 1. The Bertz CT molecular complexity index is 674. The molecule has 1 aromatic rings.